The normalized spacial score (nSPS) is 13.5. The Morgan fingerprint density at radius 2 is 1.67 bits per heavy atom. The summed E-state index contributed by atoms with van der Waals surface area (Å²) in [6.07, 6.45) is 1.82. The van der Waals surface area contributed by atoms with E-state index >= 15 is 0 Å². The summed E-state index contributed by atoms with van der Waals surface area (Å²) in [7, 11) is -3.72. The summed E-state index contributed by atoms with van der Waals surface area (Å²) in [5, 5.41) is 8.26. The molecule has 0 amide bonds. The van der Waals surface area contributed by atoms with Crippen LogP contribution in [0.5, 0.6) is 0 Å². The van der Waals surface area contributed by atoms with E-state index in [4.69, 9.17) is 5.14 Å². The molecule has 0 aromatic heterocycles. The van der Waals surface area contributed by atoms with Gasteiger partial charge in [0.25, 0.3) is 0 Å². The Hall–Kier alpha value is -1.94. The average molecular weight is 412 g/mol. The van der Waals surface area contributed by atoms with Crippen LogP contribution in [0.4, 0.5) is 5.69 Å². The number of likely N-dealkylation sites (N-methyl/N-ethyl adjacent to an activating group) is 1. The molecule has 0 saturated heterocycles. The Bertz CT molecular complexity index is 989. The Kier molecular flexibility index (Phi) is 6.63. The van der Waals surface area contributed by atoms with Crippen LogP contribution in [0, 0.1) is 0 Å². The van der Waals surface area contributed by atoms with E-state index in [0.717, 1.165) is 18.7 Å². The first-order chi connectivity index (χ1) is 12.5. The predicted octanol–water partition coefficient (Wildman–Crippen LogP) is 1.32. The summed E-state index contributed by atoms with van der Waals surface area (Å²) >= 11 is 0. The molecule has 2 aromatic rings. The number of nitrogens with two attached hydrogens (primary N) is 1. The highest BCUT2D eigenvalue weighted by Crippen LogP contribution is 2.25. The van der Waals surface area contributed by atoms with E-state index in [1.165, 1.54) is 17.7 Å². The van der Waals surface area contributed by atoms with E-state index in [2.05, 4.69) is 10.2 Å². The molecule has 2 rings (SSSR count). The van der Waals surface area contributed by atoms with Crippen molar-refractivity contribution in [1.29, 1.82) is 0 Å². The van der Waals surface area contributed by atoms with Gasteiger partial charge in [-0.3, -0.25) is 0 Å². The minimum absolute atomic E-state index is 0.0914. The maximum absolute atomic E-state index is 12.1. The van der Waals surface area contributed by atoms with Gasteiger partial charge in [-0.25, -0.2) is 22.0 Å². The Morgan fingerprint density at radius 3 is 2.19 bits per heavy atom. The zero-order valence-electron chi connectivity index (χ0n) is 15.6. The Balaban J connectivity index is 2.27. The summed E-state index contributed by atoms with van der Waals surface area (Å²) in [5.41, 5.74) is 1.52. The Morgan fingerprint density at radius 1 is 1.04 bits per heavy atom. The van der Waals surface area contributed by atoms with Gasteiger partial charge >= 0.3 is 0 Å². The highest BCUT2D eigenvalue weighted by Gasteiger charge is 2.19. The summed E-state index contributed by atoms with van der Waals surface area (Å²) in [6.45, 7) is 0.485. The molecule has 3 N–H and O–H groups in total. The van der Waals surface area contributed by atoms with Crippen molar-refractivity contribution in [2.24, 2.45) is 5.14 Å². The summed E-state index contributed by atoms with van der Waals surface area (Å²) in [4.78, 5) is 1.73. The van der Waals surface area contributed by atoms with Gasteiger partial charge in [-0.15, -0.1) is 0 Å². The quantitative estimate of drug-likeness (QED) is 0.678. The first-order valence-corrected chi connectivity index (χ1v) is 11.7. The number of benzene rings is 2. The third-order valence-corrected chi connectivity index (χ3v) is 6.30. The second-order valence-electron chi connectivity index (χ2n) is 6.66. The lowest BCUT2D eigenvalue weighted by Gasteiger charge is -2.26. The molecule has 7 nitrogen and oxygen atoms in total. The van der Waals surface area contributed by atoms with Gasteiger partial charge in [-0.05, 0) is 44.3 Å². The second kappa shape index (κ2) is 8.39. The van der Waals surface area contributed by atoms with Gasteiger partial charge in [0, 0.05) is 18.8 Å². The van der Waals surface area contributed by atoms with Crippen LogP contribution in [0.25, 0.3) is 0 Å². The molecule has 148 valence electrons. The molecule has 0 aliphatic carbocycles. The van der Waals surface area contributed by atoms with Gasteiger partial charge in [0.15, 0.2) is 9.84 Å². The third-order valence-electron chi connectivity index (χ3n) is 4.25. The van der Waals surface area contributed by atoms with E-state index in [-0.39, 0.29) is 15.8 Å². The number of sulfonamides is 1. The molecule has 0 spiro atoms. The van der Waals surface area contributed by atoms with Crippen LogP contribution in [0.15, 0.2) is 58.3 Å². The van der Waals surface area contributed by atoms with Crippen molar-refractivity contribution in [2.45, 2.75) is 22.3 Å². The van der Waals surface area contributed by atoms with E-state index in [1.54, 1.807) is 0 Å². The lowest BCUT2D eigenvalue weighted by molar-refractivity contribution is 0.303. The molecular weight excluding hydrogens is 386 g/mol. The van der Waals surface area contributed by atoms with Crippen LogP contribution in [0.3, 0.4) is 0 Å². The number of sulfone groups is 1. The van der Waals surface area contributed by atoms with E-state index < -0.39 is 19.9 Å². The van der Waals surface area contributed by atoms with Crippen LogP contribution >= 0.6 is 0 Å². The summed E-state index contributed by atoms with van der Waals surface area (Å²) in [6, 6.07) is 13.9. The molecule has 0 fully saturated rings. The largest absolute Gasteiger partial charge is 0.382 e. The molecular formula is C18H25N3O4S2. The van der Waals surface area contributed by atoms with Crippen molar-refractivity contribution >= 4 is 25.5 Å². The van der Waals surface area contributed by atoms with Gasteiger partial charge in [-0.1, -0.05) is 30.3 Å². The van der Waals surface area contributed by atoms with Gasteiger partial charge in [0.05, 0.1) is 15.5 Å². The smallest absolute Gasteiger partial charge is 0.238 e. The van der Waals surface area contributed by atoms with Crippen LogP contribution in [-0.4, -0.2) is 54.7 Å². The van der Waals surface area contributed by atoms with E-state index in [9.17, 15) is 16.8 Å². The highest BCUT2D eigenvalue weighted by molar-refractivity contribution is 7.91. The lowest BCUT2D eigenvalue weighted by Crippen LogP contribution is -2.36. The SMILES string of the molecule is CN(C)C(CNc1ccc(S(N)(=O)=O)cc1S(C)(=O)=O)Cc1ccccc1. The molecule has 2 aromatic carbocycles. The summed E-state index contributed by atoms with van der Waals surface area (Å²) < 4.78 is 47.3. The van der Waals surface area contributed by atoms with Crippen LogP contribution in [-0.2, 0) is 26.3 Å². The molecule has 0 heterocycles. The molecule has 0 aliphatic rings. The van der Waals surface area contributed by atoms with Crippen molar-refractivity contribution in [3.63, 3.8) is 0 Å². The highest BCUT2D eigenvalue weighted by atomic mass is 32.2. The first-order valence-electron chi connectivity index (χ1n) is 8.29. The van der Waals surface area contributed by atoms with Crippen LogP contribution < -0.4 is 10.5 Å². The van der Waals surface area contributed by atoms with E-state index in [0.29, 0.717) is 12.2 Å². The van der Waals surface area contributed by atoms with Crippen molar-refractivity contribution in [1.82, 2.24) is 4.90 Å². The van der Waals surface area contributed by atoms with Crippen molar-refractivity contribution < 1.29 is 16.8 Å². The van der Waals surface area contributed by atoms with Gasteiger partial charge < -0.3 is 10.2 Å². The topological polar surface area (TPSA) is 110 Å². The zero-order valence-corrected chi connectivity index (χ0v) is 17.2. The molecule has 1 atom stereocenters. The second-order valence-corrected chi connectivity index (χ2v) is 10.2. The number of hydrogen-bond donors (Lipinski definition) is 2. The number of anilines is 1. The molecule has 0 radical (unpaired) electrons. The summed E-state index contributed by atoms with van der Waals surface area (Å²) in [5.74, 6) is 0. The number of rotatable bonds is 8. The Labute approximate surface area is 161 Å². The fourth-order valence-corrected chi connectivity index (χ4v) is 4.18. The minimum Gasteiger partial charge on any atom is -0.382 e. The van der Waals surface area contributed by atoms with Gasteiger partial charge in [0.1, 0.15) is 0 Å². The number of nitrogens with one attached hydrogen (secondary N) is 1. The van der Waals surface area contributed by atoms with Crippen LogP contribution in [0.2, 0.25) is 0 Å². The number of hydrogen-bond acceptors (Lipinski definition) is 6. The molecule has 0 bridgehead atoms. The molecule has 0 saturated carbocycles. The lowest BCUT2D eigenvalue weighted by atomic mass is 10.1. The maximum Gasteiger partial charge on any atom is 0.238 e. The minimum atomic E-state index is -3.99. The van der Waals surface area contributed by atoms with Crippen molar-refractivity contribution in [3.05, 3.63) is 54.1 Å². The fourth-order valence-electron chi connectivity index (χ4n) is 2.68. The third kappa shape index (κ3) is 6.03. The van der Waals surface area contributed by atoms with Gasteiger partial charge in [0.2, 0.25) is 10.0 Å². The van der Waals surface area contributed by atoms with Crippen molar-refractivity contribution in [2.75, 3.05) is 32.2 Å². The molecule has 27 heavy (non-hydrogen) atoms. The standard InChI is InChI=1S/C18H25N3O4S2/c1-21(2)15(11-14-7-5-4-6-8-14)13-20-17-10-9-16(27(19,24)25)12-18(17)26(3,22)23/h4-10,12,15,20H,11,13H2,1-3H3,(H2,19,24,25). The van der Waals surface area contributed by atoms with Gasteiger partial charge in [-0.2, -0.15) is 0 Å². The first kappa shape index (κ1) is 21.4. The monoisotopic (exact) mass is 411 g/mol. The van der Waals surface area contributed by atoms with Crippen LogP contribution in [0.1, 0.15) is 5.56 Å². The molecule has 9 heteroatoms. The molecule has 1 unspecified atom stereocenters. The van der Waals surface area contributed by atoms with E-state index in [1.807, 2.05) is 44.4 Å². The maximum atomic E-state index is 12.1. The predicted molar refractivity (Wildman–Crippen MR) is 107 cm³/mol. The zero-order chi connectivity index (χ0) is 20.2. The number of nitrogens with zero attached hydrogens (tertiary/aromatic N) is 1. The average Bonchev–Trinajstić information content (AvgIpc) is 2.57. The molecule has 0 aliphatic heterocycles. The van der Waals surface area contributed by atoms with Crippen molar-refractivity contribution in [3.8, 4) is 0 Å². The fraction of sp³-hybridized carbons (Fsp3) is 0.333. The number of primary sulfonamides is 1.